The smallest absolute Gasteiger partial charge is 0.160 e. The molecule has 0 aliphatic carbocycles. The maximum atomic E-state index is 4.66. The van der Waals surface area contributed by atoms with Crippen LogP contribution < -0.4 is 0 Å². The van der Waals surface area contributed by atoms with E-state index in [-0.39, 0.29) is 0 Å². The third-order valence-corrected chi connectivity index (χ3v) is 4.21. The monoisotopic (exact) mass is 363 g/mol. The minimum atomic E-state index is 0.779. The van der Waals surface area contributed by atoms with Gasteiger partial charge in [-0.1, -0.05) is 58.4 Å². The number of rotatable bonds is 3. The number of fused-ring (bicyclic) bond motifs is 1. The molecule has 0 saturated carbocycles. The number of imidazole rings is 1. The second-order valence-corrected chi connectivity index (χ2v) is 6.35. The van der Waals surface area contributed by atoms with Crippen molar-refractivity contribution in [3.63, 3.8) is 0 Å². The molecule has 0 spiro atoms. The summed E-state index contributed by atoms with van der Waals surface area (Å²) in [7, 11) is 0. The van der Waals surface area contributed by atoms with Crippen LogP contribution >= 0.6 is 15.9 Å². The lowest BCUT2D eigenvalue weighted by atomic mass is 10.2. The predicted octanol–water partition coefficient (Wildman–Crippen LogP) is 4.86. The zero-order valence-electron chi connectivity index (χ0n) is 12.4. The molecule has 3 nitrogen and oxygen atoms in total. The van der Waals surface area contributed by atoms with Crippen LogP contribution in [-0.4, -0.2) is 14.5 Å². The zero-order valence-corrected chi connectivity index (χ0v) is 13.9. The fourth-order valence-electron chi connectivity index (χ4n) is 2.61. The van der Waals surface area contributed by atoms with E-state index in [0.717, 1.165) is 33.8 Å². The molecule has 2 aliphatic rings. The Morgan fingerprint density at radius 1 is 0.870 bits per heavy atom. The molecule has 4 rings (SSSR count). The SMILES string of the molecule is Brc1cccc(Cn2ccc3nc(-c4ccccc4)nc-3c2)c1. The van der Waals surface area contributed by atoms with Gasteiger partial charge in [-0.15, -0.1) is 0 Å². The Hall–Kier alpha value is -2.46. The van der Waals surface area contributed by atoms with Gasteiger partial charge in [-0.05, 0) is 23.8 Å². The molecule has 0 amide bonds. The molecule has 0 radical (unpaired) electrons. The van der Waals surface area contributed by atoms with E-state index in [0.29, 0.717) is 0 Å². The Balaban J connectivity index is 1.67. The van der Waals surface area contributed by atoms with Gasteiger partial charge in [0.25, 0.3) is 0 Å². The van der Waals surface area contributed by atoms with Crippen molar-refractivity contribution in [1.82, 2.24) is 14.5 Å². The van der Waals surface area contributed by atoms with Crippen LogP contribution in [0.15, 0.2) is 77.5 Å². The van der Waals surface area contributed by atoms with Gasteiger partial charge in [-0.25, -0.2) is 9.97 Å². The van der Waals surface area contributed by atoms with Crippen molar-refractivity contribution in [3.8, 4) is 22.8 Å². The van der Waals surface area contributed by atoms with Gasteiger partial charge in [0.2, 0.25) is 0 Å². The van der Waals surface area contributed by atoms with Gasteiger partial charge in [-0.3, -0.25) is 0 Å². The van der Waals surface area contributed by atoms with Gasteiger partial charge >= 0.3 is 0 Å². The summed E-state index contributed by atoms with van der Waals surface area (Å²) in [6.45, 7) is 0.808. The average molecular weight is 364 g/mol. The van der Waals surface area contributed by atoms with Crippen molar-refractivity contribution >= 4 is 15.9 Å². The van der Waals surface area contributed by atoms with Crippen LogP contribution in [0.25, 0.3) is 22.8 Å². The van der Waals surface area contributed by atoms with E-state index in [2.05, 4.69) is 48.8 Å². The van der Waals surface area contributed by atoms with Crippen molar-refractivity contribution in [1.29, 1.82) is 0 Å². The molecule has 2 aromatic rings. The Labute approximate surface area is 143 Å². The molecule has 0 N–H and O–H groups in total. The topological polar surface area (TPSA) is 30.7 Å². The normalized spacial score (nSPS) is 11.0. The summed E-state index contributed by atoms with van der Waals surface area (Å²) >= 11 is 3.51. The fourth-order valence-corrected chi connectivity index (χ4v) is 3.06. The maximum absolute atomic E-state index is 4.66. The number of hydrogen-bond acceptors (Lipinski definition) is 2. The highest BCUT2D eigenvalue weighted by Gasteiger charge is 2.12. The third-order valence-electron chi connectivity index (χ3n) is 3.71. The van der Waals surface area contributed by atoms with Crippen molar-refractivity contribution in [2.45, 2.75) is 6.54 Å². The molecule has 112 valence electrons. The van der Waals surface area contributed by atoms with E-state index < -0.39 is 0 Å². The summed E-state index contributed by atoms with van der Waals surface area (Å²) in [6, 6.07) is 20.4. The zero-order chi connectivity index (χ0) is 15.6. The van der Waals surface area contributed by atoms with Gasteiger partial charge in [0, 0.05) is 29.0 Å². The maximum Gasteiger partial charge on any atom is 0.160 e. The number of nitrogens with zero attached hydrogens (tertiary/aromatic N) is 3. The first-order valence-electron chi connectivity index (χ1n) is 7.41. The molecule has 0 unspecified atom stereocenters. The van der Waals surface area contributed by atoms with Crippen LogP contribution in [0.4, 0.5) is 0 Å². The Bertz CT molecular complexity index is 915. The molecule has 4 heteroatoms. The second-order valence-electron chi connectivity index (χ2n) is 5.43. The van der Waals surface area contributed by atoms with Crippen LogP contribution in [0.1, 0.15) is 5.56 Å². The lowest BCUT2D eigenvalue weighted by Crippen LogP contribution is -2.00. The van der Waals surface area contributed by atoms with Gasteiger partial charge in [-0.2, -0.15) is 0 Å². The molecule has 2 aliphatic heterocycles. The second kappa shape index (κ2) is 5.97. The third kappa shape index (κ3) is 3.03. The quantitative estimate of drug-likeness (QED) is 0.520. The van der Waals surface area contributed by atoms with Gasteiger partial charge in [0.15, 0.2) is 5.82 Å². The summed E-state index contributed by atoms with van der Waals surface area (Å²) in [4.78, 5) is 9.27. The van der Waals surface area contributed by atoms with E-state index in [9.17, 15) is 0 Å². The molecule has 0 fully saturated rings. The Morgan fingerprint density at radius 3 is 2.52 bits per heavy atom. The average Bonchev–Trinajstić information content (AvgIpc) is 2.99. The first-order valence-corrected chi connectivity index (χ1v) is 8.21. The molecule has 0 bridgehead atoms. The lowest BCUT2D eigenvalue weighted by molar-refractivity contribution is 0.789. The highest BCUT2D eigenvalue weighted by molar-refractivity contribution is 9.10. The lowest BCUT2D eigenvalue weighted by Gasteiger charge is -2.08. The van der Waals surface area contributed by atoms with Crippen LogP contribution in [0.3, 0.4) is 0 Å². The number of benzene rings is 2. The largest absolute Gasteiger partial charge is 0.348 e. The van der Waals surface area contributed by atoms with Crippen molar-refractivity contribution in [2.24, 2.45) is 0 Å². The van der Waals surface area contributed by atoms with E-state index in [1.165, 1.54) is 5.56 Å². The van der Waals surface area contributed by atoms with E-state index >= 15 is 0 Å². The highest BCUT2D eigenvalue weighted by Crippen LogP contribution is 2.24. The summed E-state index contributed by atoms with van der Waals surface area (Å²) in [5.74, 6) is 0.779. The molecule has 23 heavy (non-hydrogen) atoms. The number of pyridine rings is 1. The molecule has 0 atom stereocenters. The molecule has 0 saturated heterocycles. The minimum Gasteiger partial charge on any atom is -0.348 e. The molecular formula is C19H14BrN3. The van der Waals surface area contributed by atoms with E-state index in [1.54, 1.807) is 0 Å². The molecule has 2 aromatic carbocycles. The number of halogens is 1. The minimum absolute atomic E-state index is 0.779. The van der Waals surface area contributed by atoms with Gasteiger partial charge < -0.3 is 4.57 Å². The standard InChI is InChI=1S/C19H14BrN3/c20-16-8-4-5-14(11-16)12-23-10-9-17-18(13-23)22-19(21-17)15-6-2-1-3-7-15/h1-11,13H,12H2. The Morgan fingerprint density at radius 2 is 1.70 bits per heavy atom. The van der Waals surface area contributed by atoms with Crippen molar-refractivity contribution in [3.05, 3.63) is 83.1 Å². The summed E-state index contributed by atoms with van der Waals surface area (Å²) < 4.78 is 3.23. The first kappa shape index (κ1) is 14.2. The van der Waals surface area contributed by atoms with Crippen molar-refractivity contribution in [2.75, 3.05) is 0 Å². The summed E-state index contributed by atoms with van der Waals surface area (Å²) in [5.41, 5.74) is 4.13. The highest BCUT2D eigenvalue weighted by atomic mass is 79.9. The van der Waals surface area contributed by atoms with E-state index in [4.69, 9.17) is 0 Å². The number of hydrogen-bond donors (Lipinski definition) is 0. The van der Waals surface area contributed by atoms with Crippen molar-refractivity contribution < 1.29 is 0 Å². The van der Waals surface area contributed by atoms with Crippen LogP contribution in [-0.2, 0) is 6.54 Å². The van der Waals surface area contributed by atoms with Crippen LogP contribution in [0.2, 0.25) is 0 Å². The predicted molar refractivity (Wildman–Crippen MR) is 95.3 cm³/mol. The van der Waals surface area contributed by atoms with Gasteiger partial charge in [0.1, 0.15) is 5.69 Å². The fraction of sp³-hybridized carbons (Fsp3) is 0.0526. The summed E-state index contributed by atoms with van der Waals surface area (Å²) in [6.07, 6.45) is 4.10. The summed E-state index contributed by atoms with van der Waals surface area (Å²) in [5, 5.41) is 0. The molecular weight excluding hydrogens is 350 g/mol. The molecule has 0 aromatic heterocycles. The Kier molecular flexibility index (Phi) is 3.67. The van der Waals surface area contributed by atoms with E-state index in [1.807, 2.05) is 54.7 Å². The van der Waals surface area contributed by atoms with Gasteiger partial charge in [0.05, 0.1) is 5.69 Å². The number of aromatic nitrogens is 3. The van der Waals surface area contributed by atoms with Crippen LogP contribution in [0, 0.1) is 0 Å². The van der Waals surface area contributed by atoms with Crippen LogP contribution in [0.5, 0.6) is 0 Å². The first-order chi connectivity index (χ1) is 11.3. The molecule has 2 heterocycles.